The third-order valence-electron chi connectivity index (χ3n) is 2.91. The van der Waals surface area contributed by atoms with Crippen LogP contribution in [0.3, 0.4) is 0 Å². The normalized spacial score (nSPS) is 10.2. The molecule has 0 saturated heterocycles. The van der Waals surface area contributed by atoms with Crippen LogP contribution in [0.15, 0.2) is 36.5 Å². The Morgan fingerprint density at radius 3 is 2.85 bits per heavy atom. The zero-order chi connectivity index (χ0) is 14.5. The number of aromatic nitrogens is 1. The molecule has 0 fully saturated rings. The molecule has 0 atom stereocenters. The van der Waals surface area contributed by atoms with Crippen molar-refractivity contribution in [2.75, 3.05) is 7.05 Å². The summed E-state index contributed by atoms with van der Waals surface area (Å²) in [6, 6.07) is 9.13. The van der Waals surface area contributed by atoms with Crippen LogP contribution >= 0.6 is 0 Å². The van der Waals surface area contributed by atoms with Crippen LogP contribution in [0, 0.1) is 6.92 Å². The molecule has 5 nitrogen and oxygen atoms in total. The van der Waals surface area contributed by atoms with Gasteiger partial charge in [-0.2, -0.15) is 0 Å². The Morgan fingerprint density at radius 2 is 2.15 bits per heavy atom. The van der Waals surface area contributed by atoms with Crippen LogP contribution < -0.4 is 15.8 Å². The Labute approximate surface area is 117 Å². The van der Waals surface area contributed by atoms with Crippen LogP contribution in [0.25, 0.3) is 0 Å². The molecule has 2 rings (SSSR count). The molecule has 0 aliphatic rings. The Hall–Kier alpha value is -2.40. The maximum atomic E-state index is 11.5. The second-order valence-electron chi connectivity index (χ2n) is 4.36. The summed E-state index contributed by atoms with van der Waals surface area (Å²) in [5.41, 5.74) is 7.94. The van der Waals surface area contributed by atoms with Crippen molar-refractivity contribution in [1.82, 2.24) is 10.3 Å². The molecule has 0 unspecified atom stereocenters. The molecule has 1 amide bonds. The van der Waals surface area contributed by atoms with E-state index in [0.29, 0.717) is 18.0 Å². The van der Waals surface area contributed by atoms with E-state index in [0.717, 1.165) is 16.9 Å². The fourth-order valence-corrected chi connectivity index (χ4v) is 1.74. The van der Waals surface area contributed by atoms with E-state index in [-0.39, 0.29) is 5.91 Å². The number of nitrogens with two attached hydrogens (primary N) is 1. The number of rotatable bonds is 4. The lowest BCUT2D eigenvalue weighted by molar-refractivity contribution is 0.0958. The Bertz CT molecular complexity index is 626. The van der Waals surface area contributed by atoms with Crippen molar-refractivity contribution in [1.29, 1.82) is 0 Å². The molecule has 1 aromatic carbocycles. The standard InChI is InChI=1S/C15H17N3O2/c1-10-3-4-11(9-16)7-14(10)20-12-5-6-18-13(8-12)15(19)17-2/h3-8H,9,16H2,1-2H3,(H,17,19). The molecule has 0 spiro atoms. The van der Waals surface area contributed by atoms with Gasteiger partial charge in [0.25, 0.3) is 5.91 Å². The lowest BCUT2D eigenvalue weighted by atomic mass is 10.1. The van der Waals surface area contributed by atoms with Crippen LogP contribution in [0.5, 0.6) is 11.5 Å². The number of aryl methyl sites for hydroxylation is 1. The second kappa shape index (κ2) is 6.16. The van der Waals surface area contributed by atoms with E-state index in [4.69, 9.17) is 10.5 Å². The summed E-state index contributed by atoms with van der Waals surface area (Å²) in [7, 11) is 1.56. The molecule has 1 aromatic heterocycles. The van der Waals surface area contributed by atoms with E-state index in [9.17, 15) is 4.79 Å². The van der Waals surface area contributed by atoms with Gasteiger partial charge < -0.3 is 15.8 Å². The van der Waals surface area contributed by atoms with Gasteiger partial charge in [-0.25, -0.2) is 0 Å². The number of hydrogen-bond donors (Lipinski definition) is 2. The minimum Gasteiger partial charge on any atom is -0.457 e. The second-order valence-corrected chi connectivity index (χ2v) is 4.36. The predicted octanol–water partition coefficient (Wildman–Crippen LogP) is 2.00. The number of pyridine rings is 1. The van der Waals surface area contributed by atoms with Crippen LogP contribution in [-0.4, -0.2) is 17.9 Å². The summed E-state index contributed by atoms with van der Waals surface area (Å²) in [6.45, 7) is 2.41. The lowest BCUT2D eigenvalue weighted by Crippen LogP contribution is -2.18. The summed E-state index contributed by atoms with van der Waals surface area (Å²) in [6.07, 6.45) is 1.54. The van der Waals surface area contributed by atoms with E-state index in [1.807, 2.05) is 25.1 Å². The van der Waals surface area contributed by atoms with Gasteiger partial charge in [-0.15, -0.1) is 0 Å². The highest BCUT2D eigenvalue weighted by Crippen LogP contribution is 2.26. The van der Waals surface area contributed by atoms with Crippen molar-refractivity contribution in [3.05, 3.63) is 53.3 Å². The number of hydrogen-bond acceptors (Lipinski definition) is 4. The maximum absolute atomic E-state index is 11.5. The monoisotopic (exact) mass is 271 g/mol. The molecule has 0 bridgehead atoms. The summed E-state index contributed by atoms with van der Waals surface area (Å²) >= 11 is 0. The number of carbonyl (C=O) groups excluding carboxylic acids is 1. The van der Waals surface area contributed by atoms with Crippen LogP contribution in [0.1, 0.15) is 21.6 Å². The highest BCUT2D eigenvalue weighted by atomic mass is 16.5. The molecule has 0 saturated carbocycles. The minimum absolute atomic E-state index is 0.247. The topological polar surface area (TPSA) is 77.2 Å². The number of amides is 1. The van der Waals surface area contributed by atoms with Gasteiger partial charge in [-0.05, 0) is 30.2 Å². The lowest BCUT2D eigenvalue weighted by Gasteiger charge is -2.10. The fraction of sp³-hybridized carbons (Fsp3) is 0.200. The van der Waals surface area contributed by atoms with Crippen LogP contribution in [-0.2, 0) is 6.54 Å². The first-order valence-corrected chi connectivity index (χ1v) is 6.29. The first-order chi connectivity index (χ1) is 9.63. The van der Waals surface area contributed by atoms with Gasteiger partial charge in [0.2, 0.25) is 0 Å². The molecule has 20 heavy (non-hydrogen) atoms. The summed E-state index contributed by atoms with van der Waals surface area (Å²) in [5, 5.41) is 2.53. The number of carbonyl (C=O) groups is 1. The van der Waals surface area contributed by atoms with Crippen molar-refractivity contribution >= 4 is 5.91 Å². The summed E-state index contributed by atoms with van der Waals surface area (Å²) < 4.78 is 5.81. The minimum atomic E-state index is -0.247. The van der Waals surface area contributed by atoms with Crippen LogP contribution in [0.4, 0.5) is 0 Å². The number of nitrogens with one attached hydrogen (secondary N) is 1. The zero-order valence-electron chi connectivity index (χ0n) is 11.5. The SMILES string of the molecule is CNC(=O)c1cc(Oc2cc(CN)ccc2C)ccn1. The fourth-order valence-electron chi connectivity index (χ4n) is 1.74. The predicted molar refractivity (Wildman–Crippen MR) is 76.8 cm³/mol. The molecule has 0 aliphatic carbocycles. The van der Waals surface area contributed by atoms with Gasteiger partial charge in [0.15, 0.2) is 0 Å². The van der Waals surface area contributed by atoms with Gasteiger partial charge in [-0.1, -0.05) is 12.1 Å². The highest BCUT2D eigenvalue weighted by Gasteiger charge is 2.08. The molecule has 1 heterocycles. The summed E-state index contributed by atoms with van der Waals surface area (Å²) in [4.78, 5) is 15.5. The van der Waals surface area contributed by atoms with Gasteiger partial charge in [0.05, 0.1) is 0 Å². The third-order valence-corrected chi connectivity index (χ3v) is 2.91. The largest absolute Gasteiger partial charge is 0.457 e. The van der Waals surface area contributed by atoms with E-state index >= 15 is 0 Å². The van der Waals surface area contributed by atoms with Crippen molar-refractivity contribution in [3.8, 4) is 11.5 Å². The maximum Gasteiger partial charge on any atom is 0.269 e. The van der Waals surface area contributed by atoms with Crippen molar-refractivity contribution in [2.45, 2.75) is 13.5 Å². The molecule has 0 radical (unpaired) electrons. The smallest absolute Gasteiger partial charge is 0.269 e. The average molecular weight is 271 g/mol. The van der Waals surface area contributed by atoms with E-state index < -0.39 is 0 Å². The molecule has 2 aromatic rings. The first kappa shape index (κ1) is 14.0. The first-order valence-electron chi connectivity index (χ1n) is 6.29. The Morgan fingerprint density at radius 1 is 1.35 bits per heavy atom. The van der Waals surface area contributed by atoms with Crippen molar-refractivity contribution in [3.63, 3.8) is 0 Å². The van der Waals surface area contributed by atoms with Crippen molar-refractivity contribution in [2.24, 2.45) is 5.73 Å². The number of benzene rings is 1. The molecule has 5 heteroatoms. The summed E-state index contributed by atoms with van der Waals surface area (Å²) in [5.74, 6) is 1.04. The Kier molecular flexibility index (Phi) is 4.32. The molecular weight excluding hydrogens is 254 g/mol. The quantitative estimate of drug-likeness (QED) is 0.891. The molecule has 3 N–H and O–H groups in total. The molecule has 104 valence electrons. The van der Waals surface area contributed by atoms with Crippen molar-refractivity contribution < 1.29 is 9.53 Å². The molecular formula is C15H17N3O2. The zero-order valence-corrected chi connectivity index (χ0v) is 11.5. The van der Waals surface area contributed by atoms with Gasteiger partial charge in [0, 0.05) is 25.9 Å². The van der Waals surface area contributed by atoms with E-state index in [2.05, 4.69) is 10.3 Å². The van der Waals surface area contributed by atoms with Gasteiger partial charge in [0.1, 0.15) is 17.2 Å². The number of ether oxygens (including phenoxy) is 1. The number of nitrogens with zero attached hydrogens (tertiary/aromatic N) is 1. The van der Waals surface area contributed by atoms with Crippen LogP contribution in [0.2, 0.25) is 0 Å². The highest BCUT2D eigenvalue weighted by molar-refractivity contribution is 5.92. The van der Waals surface area contributed by atoms with Gasteiger partial charge in [-0.3, -0.25) is 9.78 Å². The third kappa shape index (κ3) is 3.13. The average Bonchev–Trinajstić information content (AvgIpc) is 2.49. The van der Waals surface area contributed by atoms with Gasteiger partial charge >= 0.3 is 0 Å². The van der Waals surface area contributed by atoms with E-state index in [1.54, 1.807) is 25.4 Å². The Balaban J connectivity index is 2.28. The molecule has 0 aliphatic heterocycles. The van der Waals surface area contributed by atoms with E-state index in [1.165, 1.54) is 0 Å².